The zero-order valence-electron chi connectivity index (χ0n) is 13.3. The maximum Gasteiger partial charge on any atom is 0.121 e. The topological polar surface area (TPSA) is 34.1 Å². The van der Waals surface area contributed by atoms with E-state index in [9.17, 15) is 0 Å². The Bertz CT molecular complexity index is 815. The van der Waals surface area contributed by atoms with E-state index in [1.54, 1.807) is 7.11 Å². The Labute approximate surface area is 141 Å². The van der Waals surface area contributed by atoms with Crippen molar-refractivity contribution in [3.63, 3.8) is 0 Å². The Balaban J connectivity index is 1.78. The molecule has 4 heteroatoms. The summed E-state index contributed by atoms with van der Waals surface area (Å²) in [6.45, 7) is 2.86. The van der Waals surface area contributed by atoms with E-state index in [-0.39, 0.29) is 0 Å². The van der Waals surface area contributed by atoms with Crippen molar-refractivity contribution in [1.82, 2.24) is 4.98 Å². The second-order valence-corrected chi connectivity index (χ2v) is 5.93. The van der Waals surface area contributed by atoms with Gasteiger partial charge in [-0.25, -0.2) is 0 Å². The molecule has 0 saturated carbocycles. The van der Waals surface area contributed by atoms with Crippen molar-refractivity contribution in [1.29, 1.82) is 0 Å². The number of nitrogens with zero attached hydrogens (tertiary/aromatic N) is 1. The molecule has 0 unspecified atom stereocenters. The number of benzene rings is 2. The summed E-state index contributed by atoms with van der Waals surface area (Å²) in [7, 11) is 1.67. The SMILES string of the molecule is COc1ccc2c(NCCc3ccc(Cl)cc3)cc(C)nc2c1. The van der Waals surface area contributed by atoms with Crippen LogP contribution in [0.3, 0.4) is 0 Å². The molecule has 1 aromatic heterocycles. The van der Waals surface area contributed by atoms with Crippen molar-refractivity contribution in [2.75, 3.05) is 19.0 Å². The number of pyridine rings is 1. The highest BCUT2D eigenvalue weighted by Gasteiger charge is 2.05. The van der Waals surface area contributed by atoms with Crippen LogP contribution in [-0.4, -0.2) is 18.6 Å². The lowest BCUT2D eigenvalue weighted by Crippen LogP contribution is -2.06. The standard InChI is InChI=1S/C19H19ClN2O/c1-13-11-18(17-8-7-16(23-2)12-19(17)22-13)21-10-9-14-3-5-15(20)6-4-14/h3-8,11-12H,9-10H2,1-2H3,(H,21,22). The minimum absolute atomic E-state index is 0.770. The number of methoxy groups -OCH3 is 1. The lowest BCUT2D eigenvalue weighted by Gasteiger charge is -2.12. The molecule has 1 heterocycles. The molecule has 3 nitrogen and oxygen atoms in total. The Morgan fingerprint density at radius 1 is 1.09 bits per heavy atom. The van der Waals surface area contributed by atoms with Crippen LogP contribution in [0.1, 0.15) is 11.3 Å². The van der Waals surface area contributed by atoms with Gasteiger partial charge >= 0.3 is 0 Å². The van der Waals surface area contributed by atoms with E-state index in [4.69, 9.17) is 16.3 Å². The minimum atomic E-state index is 0.770. The summed E-state index contributed by atoms with van der Waals surface area (Å²) in [5.74, 6) is 0.822. The zero-order chi connectivity index (χ0) is 16.2. The summed E-state index contributed by atoms with van der Waals surface area (Å²) in [4.78, 5) is 4.59. The molecule has 0 atom stereocenters. The van der Waals surface area contributed by atoms with Crippen LogP contribution in [0.25, 0.3) is 10.9 Å². The highest BCUT2D eigenvalue weighted by Crippen LogP contribution is 2.26. The summed E-state index contributed by atoms with van der Waals surface area (Å²) in [5, 5.41) is 5.39. The highest BCUT2D eigenvalue weighted by atomic mass is 35.5. The summed E-state index contributed by atoms with van der Waals surface area (Å²) < 4.78 is 5.28. The van der Waals surface area contributed by atoms with E-state index < -0.39 is 0 Å². The van der Waals surface area contributed by atoms with Gasteiger partial charge in [-0.3, -0.25) is 4.98 Å². The summed E-state index contributed by atoms with van der Waals surface area (Å²) in [6.07, 6.45) is 0.941. The van der Waals surface area contributed by atoms with Crippen molar-refractivity contribution >= 4 is 28.2 Å². The first-order valence-corrected chi connectivity index (χ1v) is 7.97. The minimum Gasteiger partial charge on any atom is -0.497 e. The van der Waals surface area contributed by atoms with Crippen LogP contribution in [-0.2, 0) is 6.42 Å². The third-order valence-electron chi connectivity index (χ3n) is 3.79. The van der Waals surface area contributed by atoms with Gasteiger partial charge in [0, 0.05) is 34.4 Å². The largest absolute Gasteiger partial charge is 0.497 e. The molecule has 0 fully saturated rings. The molecule has 3 aromatic rings. The third kappa shape index (κ3) is 3.74. The number of ether oxygens (including phenoxy) is 1. The first-order valence-electron chi connectivity index (χ1n) is 7.59. The fourth-order valence-electron chi connectivity index (χ4n) is 2.61. The van der Waals surface area contributed by atoms with Gasteiger partial charge in [0.05, 0.1) is 12.6 Å². The van der Waals surface area contributed by atoms with Gasteiger partial charge < -0.3 is 10.1 Å². The van der Waals surface area contributed by atoms with E-state index in [0.717, 1.165) is 46.0 Å². The Morgan fingerprint density at radius 2 is 1.87 bits per heavy atom. The number of rotatable bonds is 5. The number of hydrogen-bond acceptors (Lipinski definition) is 3. The monoisotopic (exact) mass is 326 g/mol. The van der Waals surface area contributed by atoms with E-state index in [1.807, 2.05) is 37.3 Å². The molecule has 1 N–H and O–H groups in total. The molecule has 2 aromatic carbocycles. The predicted octanol–water partition coefficient (Wildman–Crippen LogP) is 4.86. The first kappa shape index (κ1) is 15.6. The number of fused-ring (bicyclic) bond motifs is 1. The normalized spacial score (nSPS) is 10.7. The molecule has 0 aliphatic rings. The van der Waals surface area contributed by atoms with Gasteiger partial charge in [0.15, 0.2) is 0 Å². The van der Waals surface area contributed by atoms with E-state index in [0.29, 0.717) is 0 Å². The van der Waals surface area contributed by atoms with Crippen LogP contribution in [0.5, 0.6) is 5.75 Å². The van der Waals surface area contributed by atoms with Gasteiger partial charge in [0.1, 0.15) is 5.75 Å². The number of aryl methyl sites for hydroxylation is 1. The number of anilines is 1. The Hall–Kier alpha value is -2.26. The van der Waals surface area contributed by atoms with Crippen molar-refractivity contribution in [2.24, 2.45) is 0 Å². The van der Waals surface area contributed by atoms with Gasteiger partial charge in [-0.05, 0) is 49.2 Å². The van der Waals surface area contributed by atoms with Crippen molar-refractivity contribution in [2.45, 2.75) is 13.3 Å². The van der Waals surface area contributed by atoms with Crippen molar-refractivity contribution in [3.05, 3.63) is 64.8 Å². The average molecular weight is 327 g/mol. The first-order chi connectivity index (χ1) is 11.2. The Kier molecular flexibility index (Phi) is 4.68. The molecule has 0 radical (unpaired) electrons. The molecule has 0 saturated heterocycles. The summed E-state index contributed by atoms with van der Waals surface area (Å²) in [6, 6.07) is 16.0. The summed E-state index contributed by atoms with van der Waals surface area (Å²) >= 11 is 5.92. The number of nitrogens with one attached hydrogen (secondary N) is 1. The lowest BCUT2D eigenvalue weighted by atomic mass is 10.1. The van der Waals surface area contributed by atoms with Gasteiger partial charge in [-0.15, -0.1) is 0 Å². The van der Waals surface area contributed by atoms with Gasteiger partial charge in [0.2, 0.25) is 0 Å². The number of halogens is 1. The fourth-order valence-corrected chi connectivity index (χ4v) is 2.73. The van der Waals surface area contributed by atoms with Gasteiger partial charge in [-0.1, -0.05) is 23.7 Å². The quantitative estimate of drug-likeness (QED) is 0.727. The van der Waals surface area contributed by atoms with E-state index >= 15 is 0 Å². The molecule has 118 valence electrons. The van der Waals surface area contributed by atoms with Crippen LogP contribution in [0.4, 0.5) is 5.69 Å². The Morgan fingerprint density at radius 3 is 2.61 bits per heavy atom. The van der Waals surface area contributed by atoms with Crippen molar-refractivity contribution < 1.29 is 4.74 Å². The predicted molar refractivity (Wildman–Crippen MR) is 96.7 cm³/mol. The molecule has 0 aliphatic heterocycles. The summed E-state index contributed by atoms with van der Waals surface area (Å²) in [5.41, 5.74) is 4.29. The number of hydrogen-bond donors (Lipinski definition) is 1. The molecule has 0 aliphatic carbocycles. The molecular formula is C19H19ClN2O. The van der Waals surface area contributed by atoms with E-state index in [2.05, 4.69) is 28.5 Å². The van der Waals surface area contributed by atoms with Crippen molar-refractivity contribution in [3.8, 4) is 5.75 Å². The number of aromatic nitrogens is 1. The molecule has 0 spiro atoms. The maximum absolute atomic E-state index is 5.92. The lowest BCUT2D eigenvalue weighted by molar-refractivity contribution is 0.415. The van der Waals surface area contributed by atoms with Crippen LogP contribution in [0.15, 0.2) is 48.5 Å². The highest BCUT2D eigenvalue weighted by molar-refractivity contribution is 6.30. The smallest absolute Gasteiger partial charge is 0.121 e. The van der Waals surface area contributed by atoms with Crippen LogP contribution < -0.4 is 10.1 Å². The average Bonchev–Trinajstić information content (AvgIpc) is 2.55. The second kappa shape index (κ2) is 6.88. The van der Waals surface area contributed by atoms with Crippen LogP contribution in [0, 0.1) is 6.92 Å². The van der Waals surface area contributed by atoms with Crippen LogP contribution >= 0.6 is 11.6 Å². The molecular weight excluding hydrogens is 308 g/mol. The zero-order valence-corrected chi connectivity index (χ0v) is 14.0. The molecule has 0 bridgehead atoms. The maximum atomic E-state index is 5.92. The van der Waals surface area contributed by atoms with Gasteiger partial charge in [0.25, 0.3) is 0 Å². The van der Waals surface area contributed by atoms with Gasteiger partial charge in [-0.2, -0.15) is 0 Å². The molecule has 23 heavy (non-hydrogen) atoms. The fraction of sp³-hybridized carbons (Fsp3) is 0.211. The van der Waals surface area contributed by atoms with Crippen LogP contribution in [0.2, 0.25) is 5.02 Å². The third-order valence-corrected chi connectivity index (χ3v) is 4.04. The van der Waals surface area contributed by atoms with E-state index in [1.165, 1.54) is 5.56 Å². The second-order valence-electron chi connectivity index (χ2n) is 5.50. The molecule has 0 amide bonds. The molecule has 3 rings (SSSR count).